The number of tetrazole rings is 1. The minimum absolute atomic E-state index is 0.00565. The van der Waals surface area contributed by atoms with Crippen LogP contribution in [-0.4, -0.2) is 48.1 Å². The molecule has 1 amide bonds. The maximum absolute atomic E-state index is 12.4. The molecule has 0 bridgehead atoms. The summed E-state index contributed by atoms with van der Waals surface area (Å²) >= 11 is 6.50. The number of benzene rings is 2. The summed E-state index contributed by atoms with van der Waals surface area (Å²) in [5.41, 5.74) is 15.5. The van der Waals surface area contributed by atoms with Crippen molar-refractivity contribution in [2.24, 2.45) is 11.5 Å². The fourth-order valence-corrected chi connectivity index (χ4v) is 4.45. The Hall–Kier alpha value is -4.09. The number of aromatic amines is 1. The minimum atomic E-state index is -0.949. The number of H-pyrrole nitrogens is 1. The van der Waals surface area contributed by atoms with E-state index in [9.17, 15) is 9.59 Å². The molecule has 4 aromatic rings. The third kappa shape index (κ3) is 7.06. The number of unbranched alkanes of at least 4 members (excludes halogenated alkanes) is 1. The van der Waals surface area contributed by atoms with E-state index in [-0.39, 0.29) is 24.6 Å². The van der Waals surface area contributed by atoms with Gasteiger partial charge in [-0.05, 0) is 34.7 Å². The van der Waals surface area contributed by atoms with Gasteiger partial charge >= 0.3 is 5.97 Å². The molecule has 0 aliphatic carbocycles. The summed E-state index contributed by atoms with van der Waals surface area (Å²) in [5, 5.41) is 14.7. The van der Waals surface area contributed by atoms with Crippen LogP contribution in [0.1, 0.15) is 49.7 Å². The smallest absolute Gasteiger partial charge is 0.323 e. The summed E-state index contributed by atoms with van der Waals surface area (Å²) in [6, 6.07) is 15.1. The van der Waals surface area contributed by atoms with E-state index in [0.717, 1.165) is 47.3 Å². The van der Waals surface area contributed by atoms with E-state index in [2.05, 4.69) is 32.5 Å². The predicted octanol–water partition coefficient (Wildman–Crippen LogP) is 3.41. The van der Waals surface area contributed by atoms with Crippen LogP contribution in [0.25, 0.3) is 22.5 Å². The summed E-state index contributed by atoms with van der Waals surface area (Å²) < 4.78 is 7.43. The highest BCUT2D eigenvalue weighted by Gasteiger charge is 2.21. The first-order chi connectivity index (χ1) is 18.9. The molecule has 12 heteroatoms. The van der Waals surface area contributed by atoms with E-state index in [1.807, 2.05) is 53.1 Å². The lowest BCUT2D eigenvalue weighted by atomic mass is 9.98. The average molecular weight is 551 g/mol. The quantitative estimate of drug-likeness (QED) is 0.213. The first-order valence-electron chi connectivity index (χ1n) is 12.7. The van der Waals surface area contributed by atoms with Crippen LogP contribution in [0.15, 0.2) is 48.5 Å². The van der Waals surface area contributed by atoms with Crippen LogP contribution in [0.4, 0.5) is 0 Å². The largest absolute Gasteiger partial charge is 0.458 e. The van der Waals surface area contributed by atoms with Gasteiger partial charge in [0, 0.05) is 24.9 Å². The summed E-state index contributed by atoms with van der Waals surface area (Å²) in [5.74, 6) is 0.193. The van der Waals surface area contributed by atoms with Crippen LogP contribution >= 0.6 is 11.6 Å². The highest BCUT2D eigenvalue weighted by molar-refractivity contribution is 6.30. The summed E-state index contributed by atoms with van der Waals surface area (Å²) in [7, 11) is 0. The number of carbonyl (C=O) groups is 2. The molecule has 2 aromatic carbocycles. The Morgan fingerprint density at radius 3 is 2.54 bits per heavy atom. The van der Waals surface area contributed by atoms with E-state index in [1.165, 1.54) is 0 Å². The molecular weight excluding hydrogens is 520 g/mol. The number of amides is 1. The van der Waals surface area contributed by atoms with Crippen LogP contribution in [0.5, 0.6) is 0 Å². The number of primary amides is 1. The van der Waals surface area contributed by atoms with Gasteiger partial charge in [-0.25, -0.2) is 4.98 Å². The van der Waals surface area contributed by atoms with Gasteiger partial charge in [-0.3, -0.25) is 9.59 Å². The first-order valence-corrected chi connectivity index (χ1v) is 13.1. The van der Waals surface area contributed by atoms with Crippen molar-refractivity contribution in [3.63, 3.8) is 0 Å². The normalized spacial score (nSPS) is 11.9. The number of hydrogen-bond donors (Lipinski definition) is 3. The lowest BCUT2D eigenvalue weighted by Crippen LogP contribution is -2.33. The fourth-order valence-electron chi connectivity index (χ4n) is 4.20. The van der Waals surface area contributed by atoms with Gasteiger partial charge in [0.1, 0.15) is 18.5 Å². The van der Waals surface area contributed by atoms with Gasteiger partial charge in [0.15, 0.2) is 5.15 Å². The lowest BCUT2D eigenvalue weighted by Gasteiger charge is -2.15. The standard InChI is InChI=1S/C27H31ClN8O3/c1-2-3-8-24-31-25(28)22(16-39-27(38)21(29)13-14-23(30)37)36(24)15-17-9-11-18(12-10-17)19-6-4-5-7-20(19)26-32-34-35-33-26/h4-7,9-12,21H,2-3,8,13-16,29H2,1H3,(H2,30,37)(H,32,33,34,35). The highest BCUT2D eigenvalue weighted by atomic mass is 35.5. The molecular formula is C27H31ClN8O3. The second-order valence-corrected chi connectivity index (χ2v) is 9.51. The maximum atomic E-state index is 12.4. The zero-order valence-electron chi connectivity index (χ0n) is 21.6. The van der Waals surface area contributed by atoms with Crippen LogP contribution in [0.2, 0.25) is 5.15 Å². The average Bonchev–Trinajstić information content (AvgIpc) is 3.58. The van der Waals surface area contributed by atoms with Crippen LogP contribution in [0, 0.1) is 0 Å². The molecule has 0 fully saturated rings. The Balaban J connectivity index is 1.54. The van der Waals surface area contributed by atoms with Gasteiger partial charge in [-0.1, -0.05) is 73.5 Å². The Bertz CT molecular complexity index is 1400. The van der Waals surface area contributed by atoms with E-state index in [1.54, 1.807) is 0 Å². The predicted molar refractivity (Wildman–Crippen MR) is 146 cm³/mol. The third-order valence-corrected chi connectivity index (χ3v) is 6.63. The number of nitrogens with one attached hydrogen (secondary N) is 1. The summed E-state index contributed by atoms with van der Waals surface area (Å²) in [6.45, 7) is 2.51. The number of carbonyl (C=O) groups excluding carboxylic acids is 2. The number of aromatic nitrogens is 6. The number of imidazole rings is 1. The molecule has 0 aliphatic heterocycles. The van der Waals surface area contributed by atoms with Crippen LogP contribution < -0.4 is 11.5 Å². The molecule has 0 radical (unpaired) electrons. The van der Waals surface area contributed by atoms with Gasteiger partial charge in [-0.15, -0.1) is 10.2 Å². The molecule has 1 atom stereocenters. The Morgan fingerprint density at radius 2 is 1.87 bits per heavy atom. The topological polar surface area (TPSA) is 168 Å². The van der Waals surface area contributed by atoms with E-state index >= 15 is 0 Å². The molecule has 11 nitrogen and oxygen atoms in total. The van der Waals surface area contributed by atoms with Crippen molar-refractivity contribution in [1.29, 1.82) is 0 Å². The maximum Gasteiger partial charge on any atom is 0.323 e. The summed E-state index contributed by atoms with van der Waals surface area (Å²) in [4.78, 5) is 27.9. The molecule has 39 heavy (non-hydrogen) atoms. The highest BCUT2D eigenvalue weighted by Crippen LogP contribution is 2.30. The number of halogens is 1. The number of ether oxygens (including phenoxy) is 1. The van der Waals surface area contributed by atoms with E-state index in [4.69, 9.17) is 27.8 Å². The Labute approximate surface area is 230 Å². The molecule has 1 unspecified atom stereocenters. The third-order valence-electron chi connectivity index (χ3n) is 6.33. The van der Waals surface area contributed by atoms with Gasteiger partial charge in [-0.2, -0.15) is 5.21 Å². The number of aryl methyl sites for hydroxylation is 1. The minimum Gasteiger partial charge on any atom is -0.458 e. The Kier molecular flexibility index (Phi) is 9.40. The van der Waals surface area contributed by atoms with Gasteiger partial charge in [0.05, 0.1) is 5.69 Å². The second kappa shape index (κ2) is 13.1. The number of hydrogen-bond acceptors (Lipinski definition) is 8. The van der Waals surface area contributed by atoms with Crippen LogP contribution in [-0.2, 0) is 33.9 Å². The fraction of sp³-hybridized carbons (Fsp3) is 0.333. The number of esters is 1. The zero-order valence-corrected chi connectivity index (χ0v) is 22.4. The lowest BCUT2D eigenvalue weighted by molar-refractivity contribution is -0.146. The monoisotopic (exact) mass is 550 g/mol. The SMILES string of the molecule is CCCCc1nc(Cl)c(COC(=O)C(N)CCC(N)=O)n1Cc1ccc(-c2ccccc2-c2nn[nH]n2)cc1. The van der Waals surface area contributed by atoms with Crippen LogP contribution in [0.3, 0.4) is 0 Å². The Morgan fingerprint density at radius 1 is 1.13 bits per heavy atom. The van der Waals surface area contributed by atoms with E-state index in [0.29, 0.717) is 18.1 Å². The van der Waals surface area contributed by atoms with Crippen molar-refractivity contribution in [2.75, 3.05) is 0 Å². The van der Waals surface area contributed by atoms with Crippen molar-refractivity contribution in [1.82, 2.24) is 30.2 Å². The molecule has 2 aromatic heterocycles. The zero-order chi connectivity index (χ0) is 27.8. The van der Waals surface area contributed by atoms with Gasteiger partial charge < -0.3 is 20.8 Å². The molecule has 2 heterocycles. The second-order valence-electron chi connectivity index (χ2n) is 9.15. The number of nitrogens with two attached hydrogens (primary N) is 2. The van der Waals surface area contributed by atoms with Crippen molar-refractivity contribution >= 4 is 23.5 Å². The molecule has 0 saturated heterocycles. The molecule has 5 N–H and O–H groups in total. The van der Waals surface area contributed by atoms with Crippen molar-refractivity contribution in [3.8, 4) is 22.5 Å². The van der Waals surface area contributed by atoms with Crippen molar-refractivity contribution in [3.05, 3.63) is 70.8 Å². The molecule has 4 rings (SSSR count). The van der Waals surface area contributed by atoms with Gasteiger partial charge in [0.25, 0.3) is 0 Å². The number of rotatable bonds is 13. The first kappa shape index (κ1) is 27.9. The van der Waals surface area contributed by atoms with Crippen molar-refractivity contribution in [2.45, 2.75) is 58.2 Å². The number of nitrogens with zero attached hydrogens (tertiary/aromatic N) is 5. The molecule has 204 valence electrons. The van der Waals surface area contributed by atoms with Gasteiger partial charge in [0.2, 0.25) is 11.7 Å². The van der Waals surface area contributed by atoms with E-state index < -0.39 is 17.9 Å². The summed E-state index contributed by atoms with van der Waals surface area (Å²) in [6.07, 6.45) is 2.80. The van der Waals surface area contributed by atoms with Crippen molar-refractivity contribution < 1.29 is 14.3 Å². The molecule has 0 spiro atoms. The molecule has 0 saturated carbocycles. The molecule has 0 aliphatic rings.